The molecule has 0 saturated heterocycles. The third kappa shape index (κ3) is 5.50. The minimum Gasteiger partial charge on any atom is -0.497 e. The van der Waals surface area contributed by atoms with Gasteiger partial charge in [-0.2, -0.15) is 0 Å². The number of nitrogens with one attached hydrogen (secondary N) is 2. The molecule has 0 radical (unpaired) electrons. The fourth-order valence-electron chi connectivity index (χ4n) is 2.10. The molecular formula is C18H20N2O5. The van der Waals surface area contributed by atoms with Gasteiger partial charge in [0, 0.05) is 13.2 Å². The van der Waals surface area contributed by atoms with E-state index in [9.17, 15) is 9.59 Å². The van der Waals surface area contributed by atoms with Crippen LogP contribution in [0.4, 0.5) is 0 Å². The minimum atomic E-state index is -0.819. The molecule has 2 amide bonds. The molecule has 2 aromatic carbocycles. The number of methoxy groups -OCH3 is 2. The van der Waals surface area contributed by atoms with E-state index in [2.05, 4.69) is 10.9 Å². The zero-order valence-corrected chi connectivity index (χ0v) is 14.0. The summed E-state index contributed by atoms with van der Waals surface area (Å²) in [4.78, 5) is 23.9. The maximum absolute atomic E-state index is 12.1. The van der Waals surface area contributed by atoms with Gasteiger partial charge < -0.3 is 14.2 Å². The van der Waals surface area contributed by atoms with Crippen LogP contribution in [0.3, 0.4) is 0 Å². The Morgan fingerprint density at radius 1 is 0.960 bits per heavy atom. The normalized spacial score (nSPS) is 11.3. The van der Waals surface area contributed by atoms with E-state index in [0.29, 0.717) is 17.1 Å². The minimum absolute atomic E-state index is 0.254. The summed E-state index contributed by atoms with van der Waals surface area (Å²) in [5.41, 5.74) is 5.30. The van der Waals surface area contributed by atoms with Gasteiger partial charge in [-0.15, -0.1) is 0 Å². The Morgan fingerprint density at radius 2 is 1.68 bits per heavy atom. The number of carbonyl (C=O) groups is 2. The lowest BCUT2D eigenvalue weighted by Crippen LogP contribution is -2.46. The van der Waals surface area contributed by atoms with Crippen LogP contribution in [0.25, 0.3) is 0 Å². The molecule has 0 unspecified atom stereocenters. The number of amides is 2. The largest absolute Gasteiger partial charge is 0.497 e. The van der Waals surface area contributed by atoms with Crippen molar-refractivity contribution in [3.63, 3.8) is 0 Å². The average Bonchev–Trinajstić information content (AvgIpc) is 2.66. The van der Waals surface area contributed by atoms with Gasteiger partial charge in [0.05, 0.1) is 7.11 Å². The van der Waals surface area contributed by atoms with Gasteiger partial charge in [0.2, 0.25) is 0 Å². The van der Waals surface area contributed by atoms with E-state index in [0.717, 1.165) is 0 Å². The smallest absolute Gasteiger partial charge is 0.276 e. The Kier molecular flexibility index (Phi) is 6.79. The summed E-state index contributed by atoms with van der Waals surface area (Å²) in [7, 11) is 2.96. The monoisotopic (exact) mass is 344 g/mol. The van der Waals surface area contributed by atoms with E-state index in [1.807, 2.05) is 6.07 Å². The second kappa shape index (κ2) is 9.29. The second-order valence-electron chi connectivity index (χ2n) is 5.03. The van der Waals surface area contributed by atoms with Gasteiger partial charge in [0.1, 0.15) is 11.5 Å². The van der Waals surface area contributed by atoms with Gasteiger partial charge in [-0.3, -0.25) is 20.4 Å². The Hall–Kier alpha value is -3.06. The average molecular weight is 344 g/mol. The lowest BCUT2D eigenvalue weighted by atomic mass is 10.1. The van der Waals surface area contributed by atoms with Crippen molar-refractivity contribution in [3.8, 4) is 11.5 Å². The summed E-state index contributed by atoms with van der Waals surface area (Å²) >= 11 is 0. The predicted molar refractivity (Wildman–Crippen MR) is 91.0 cm³/mol. The van der Waals surface area contributed by atoms with Crippen molar-refractivity contribution < 1.29 is 23.8 Å². The molecule has 0 saturated carbocycles. The van der Waals surface area contributed by atoms with E-state index in [1.165, 1.54) is 7.11 Å². The van der Waals surface area contributed by atoms with E-state index in [4.69, 9.17) is 14.2 Å². The molecular weight excluding hydrogens is 324 g/mol. The van der Waals surface area contributed by atoms with E-state index < -0.39 is 17.9 Å². The van der Waals surface area contributed by atoms with E-state index in [-0.39, 0.29) is 6.61 Å². The highest BCUT2D eigenvalue weighted by Gasteiger charge is 2.20. The number of carbonyl (C=O) groups excluding carboxylic acids is 2. The summed E-state index contributed by atoms with van der Waals surface area (Å²) in [6.45, 7) is -0.254. The van der Waals surface area contributed by atoms with Crippen LogP contribution in [0.2, 0.25) is 0 Å². The molecule has 25 heavy (non-hydrogen) atoms. The van der Waals surface area contributed by atoms with Crippen LogP contribution in [-0.4, -0.2) is 32.6 Å². The number of hydrogen-bond acceptors (Lipinski definition) is 5. The highest BCUT2D eigenvalue weighted by Crippen LogP contribution is 2.18. The Morgan fingerprint density at radius 3 is 2.36 bits per heavy atom. The first-order valence-corrected chi connectivity index (χ1v) is 7.57. The molecule has 0 aromatic heterocycles. The molecule has 0 aliphatic carbocycles. The van der Waals surface area contributed by atoms with Crippen molar-refractivity contribution >= 4 is 11.8 Å². The summed E-state index contributed by atoms with van der Waals surface area (Å²) in [5.74, 6) is 0.124. The molecule has 0 fully saturated rings. The molecule has 2 aromatic rings. The first-order chi connectivity index (χ1) is 12.1. The fraction of sp³-hybridized carbons (Fsp3) is 0.222. The molecule has 2 N–H and O–H groups in total. The maximum atomic E-state index is 12.1. The molecule has 0 heterocycles. The van der Waals surface area contributed by atoms with Crippen molar-refractivity contribution in [2.24, 2.45) is 0 Å². The van der Waals surface area contributed by atoms with Crippen LogP contribution in [0.5, 0.6) is 11.5 Å². The SMILES string of the molecule is COc1cccc(OCC(=O)NNC(=O)[C@@H](OC)c2ccccc2)c1. The van der Waals surface area contributed by atoms with Crippen molar-refractivity contribution in [2.75, 3.05) is 20.8 Å². The third-order valence-corrected chi connectivity index (χ3v) is 3.31. The molecule has 0 spiro atoms. The van der Waals surface area contributed by atoms with Crippen molar-refractivity contribution in [2.45, 2.75) is 6.10 Å². The van der Waals surface area contributed by atoms with Gasteiger partial charge in [-0.25, -0.2) is 0 Å². The summed E-state index contributed by atoms with van der Waals surface area (Å²) in [6.07, 6.45) is -0.819. The van der Waals surface area contributed by atoms with Crippen molar-refractivity contribution in [1.29, 1.82) is 0 Å². The predicted octanol–water partition coefficient (Wildman–Crippen LogP) is 1.61. The van der Waals surface area contributed by atoms with Gasteiger partial charge >= 0.3 is 0 Å². The molecule has 1 atom stereocenters. The number of rotatable bonds is 7. The van der Waals surface area contributed by atoms with Crippen LogP contribution >= 0.6 is 0 Å². The van der Waals surface area contributed by atoms with Crippen LogP contribution in [0, 0.1) is 0 Å². The van der Waals surface area contributed by atoms with E-state index in [1.54, 1.807) is 55.6 Å². The van der Waals surface area contributed by atoms with Crippen LogP contribution in [0.1, 0.15) is 11.7 Å². The van der Waals surface area contributed by atoms with Gasteiger partial charge in [0.15, 0.2) is 12.7 Å². The van der Waals surface area contributed by atoms with Crippen molar-refractivity contribution in [1.82, 2.24) is 10.9 Å². The highest BCUT2D eigenvalue weighted by molar-refractivity contribution is 5.86. The first kappa shape index (κ1) is 18.3. The number of hydrogen-bond donors (Lipinski definition) is 2. The molecule has 0 aliphatic rings. The summed E-state index contributed by atoms with van der Waals surface area (Å²) < 4.78 is 15.6. The molecule has 7 heteroatoms. The maximum Gasteiger partial charge on any atom is 0.276 e. The molecule has 0 bridgehead atoms. The van der Waals surface area contributed by atoms with Gasteiger partial charge in [-0.05, 0) is 17.7 Å². The summed E-state index contributed by atoms with van der Waals surface area (Å²) in [6, 6.07) is 15.8. The Balaban J connectivity index is 1.81. The third-order valence-electron chi connectivity index (χ3n) is 3.31. The Bertz CT molecular complexity index is 706. The fourth-order valence-corrected chi connectivity index (χ4v) is 2.10. The van der Waals surface area contributed by atoms with Gasteiger partial charge in [0.25, 0.3) is 11.8 Å². The lowest BCUT2D eigenvalue weighted by Gasteiger charge is -2.16. The molecule has 132 valence electrons. The van der Waals surface area contributed by atoms with Crippen LogP contribution < -0.4 is 20.3 Å². The number of ether oxygens (including phenoxy) is 3. The highest BCUT2D eigenvalue weighted by atomic mass is 16.5. The number of benzene rings is 2. The summed E-state index contributed by atoms with van der Waals surface area (Å²) in [5, 5.41) is 0. The molecule has 7 nitrogen and oxygen atoms in total. The van der Waals surface area contributed by atoms with Crippen molar-refractivity contribution in [3.05, 3.63) is 60.2 Å². The molecule has 2 rings (SSSR count). The zero-order valence-electron chi connectivity index (χ0n) is 14.0. The second-order valence-corrected chi connectivity index (χ2v) is 5.03. The molecule has 0 aliphatic heterocycles. The van der Waals surface area contributed by atoms with Crippen LogP contribution in [0.15, 0.2) is 54.6 Å². The Labute approximate surface area is 145 Å². The van der Waals surface area contributed by atoms with E-state index >= 15 is 0 Å². The first-order valence-electron chi connectivity index (χ1n) is 7.57. The lowest BCUT2D eigenvalue weighted by molar-refractivity contribution is -0.136. The van der Waals surface area contributed by atoms with Crippen LogP contribution in [-0.2, 0) is 14.3 Å². The standard InChI is InChI=1S/C18H20N2O5/c1-23-14-9-6-10-15(11-14)25-12-16(21)19-20-18(22)17(24-2)13-7-4-3-5-8-13/h3-11,17H,12H2,1-2H3,(H,19,21)(H,20,22)/t17-/m0/s1. The quantitative estimate of drug-likeness (QED) is 0.745. The topological polar surface area (TPSA) is 85.9 Å². The zero-order chi connectivity index (χ0) is 18.1. The number of hydrazine groups is 1. The van der Waals surface area contributed by atoms with Gasteiger partial charge in [-0.1, -0.05) is 36.4 Å².